The molecule has 0 aliphatic carbocycles. The maximum absolute atomic E-state index is 11.0. The van der Waals surface area contributed by atoms with Gasteiger partial charge in [-0.05, 0) is 52.2 Å². The molecule has 2 N–H and O–H groups in total. The lowest BCUT2D eigenvalue weighted by Crippen LogP contribution is -1.99. The number of aromatic hydroxyl groups is 1. The molecule has 5 rings (SSSR count). The first kappa shape index (κ1) is 20.4. The summed E-state index contributed by atoms with van der Waals surface area (Å²) in [5.41, 5.74) is 3.23. The van der Waals surface area contributed by atoms with E-state index in [4.69, 9.17) is 5.11 Å². The Labute approximate surface area is 191 Å². The van der Waals surface area contributed by atoms with Gasteiger partial charge in [0.1, 0.15) is 0 Å². The number of carboxylic acid groups (broad SMARTS) is 1. The van der Waals surface area contributed by atoms with Gasteiger partial charge in [-0.1, -0.05) is 66.4 Å². The monoisotopic (exact) mass is 431 g/mol. The van der Waals surface area contributed by atoms with Crippen LogP contribution in [0.25, 0.3) is 21.5 Å². The summed E-state index contributed by atoms with van der Waals surface area (Å²) in [6.45, 7) is 0.448. The minimum atomic E-state index is -0.953. The van der Waals surface area contributed by atoms with E-state index in [2.05, 4.69) is 42.2 Å². The first-order chi connectivity index (χ1) is 16.1. The van der Waals surface area contributed by atoms with E-state index in [-0.39, 0.29) is 11.4 Å². The quantitative estimate of drug-likeness (QED) is 0.351. The van der Waals surface area contributed by atoms with Gasteiger partial charge in [-0.2, -0.15) is 0 Å². The van der Waals surface area contributed by atoms with Crippen molar-refractivity contribution in [3.8, 4) is 17.7 Å². The van der Waals surface area contributed by atoms with Crippen molar-refractivity contribution in [2.24, 2.45) is 0 Å². The van der Waals surface area contributed by atoms with E-state index in [0.29, 0.717) is 13.0 Å². The summed E-state index contributed by atoms with van der Waals surface area (Å²) >= 11 is 0. The Balaban J connectivity index is 1.34. The molecule has 0 unspecified atom stereocenters. The maximum Gasteiger partial charge on any atom is 0.335 e. The molecule has 4 nitrogen and oxygen atoms in total. The molecule has 160 valence electrons. The second kappa shape index (κ2) is 8.57. The summed E-state index contributed by atoms with van der Waals surface area (Å²) in [6.07, 6.45) is 2.56. The van der Waals surface area contributed by atoms with Gasteiger partial charge in [0.15, 0.2) is 5.88 Å². The summed E-state index contributed by atoms with van der Waals surface area (Å²) in [5, 5.41) is 23.8. The van der Waals surface area contributed by atoms with Crippen LogP contribution in [0.1, 0.15) is 27.0 Å². The van der Waals surface area contributed by atoms with E-state index < -0.39 is 5.97 Å². The molecule has 0 amide bonds. The van der Waals surface area contributed by atoms with E-state index in [1.54, 1.807) is 28.8 Å². The zero-order valence-electron chi connectivity index (χ0n) is 17.8. The minimum Gasteiger partial charge on any atom is -0.494 e. The Kier molecular flexibility index (Phi) is 5.30. The molecule has 0 bridgehead atoms. The Bertz CT molecular complexity index is 1550. The van der Waals surface area contributed by atoms with Crippen molar-refractivity contribution >= 4 is 27.5 Å². The van der Waals surface area contributed by atoms with Crippen LogP contribution in [0.5, 0.6) is 5.88 Å². The number of aromatic carboxylic acids is 1. The number of hydrogen-bond acceptors (Lipinski definition) is 2. The third-order valence-corrected chi connectivity index (χ3v) is 5.75. The second-order valence-corrected chi connectivity index (χ2v) is 8.04. The van der Waals surface area contributed by atoms with E-state index in [0.717, 1.165) is 21.9 Å². The molecule has 0 saturated heterocycles. The van der Waals surface area contributed by atoms with Gasteiger partial charge in [-0.25, -0.2) is 4.79 Å². The fourth-order valence-electron chi connectivity index (χ4n) is 4.00. The fourth-order valence-corrected chi connectivity index (χ4v) is 4.00. The highest BCUT2D eigenvalue weighted by Gasteiger charge is 2.10. The molecule has 5 aromatic rings. The third kappa shape index (κ3) is 4.30. The van der Waals surface area contributed by atoms with E-state index in [1.165, 1.54) is 16.3 Å². The molecule has 33 heavy (non-hydrogen) atoms. The second-order valence-electron chi connectivity index (χ2n) is 8.04. The number of rotatable bonds is 4. The summed E-state index contributed by atoms with van der Waals surface area (Å²) in [4.78, 5) is 11.0. The highest BCUT2D eigenvalue weighted by Crippen LogP contribution is 2.28. The van der Waals surface area contributed by atoms with Gasteiger partial charge < -0.3 is 14.8 Å². The number of aromatic nitrogens is 1. The highest BCUT2D eigenvalue weighted by atomic mass is 16.4. The van der Waals surface area contributed by atoms with Crippen LogP contribution in [-0.2, 0) is 13.0 Å². The van der Waals surface area contributed by atoms with Crippen LogP contribution in [-0.4, -0.2) is 20.7 Å². The smallest absolute Gasteiger partial charge is 0.335 e. The van der Waals surface area contributed by atoms with Crippen molar-refractivity contribution in [1.29, 1.82) is 0 Å². The average Bonchev–Trinajstić information content (AvgIpc) is 3.13. The number of nitrogens with zero attached hydrogens (tertiary/aromatic N) is 1. The molecule has 0 spiro atoms. The standard InChI is InChI=1S/C29H21NO3/c31-28-27-15-11-21(5-3-4-20-8-12-23-6-1-2-7-25(23)16-20)17-26(27)19-30(28)18-22-9-13-24(14-10-22)29(32)33/h1-2,6-17,19,31H,4,18H2,(H,32,33). The summed E-state index contributed by atoms with van der Waals surface area (Å²) in [7, 11) is 0. The Morgan fingerprint density at radius 2 is 1.58 bits per heavy atom. The zero-order valence-corrected chi connectivity index (χ0v) is 17.8. The Morgan fingerprint density at radius 3 is 2.36 bits per heavy atom. The SMILES string of the molecule is O=C(O)c1ccc(Cn2cc3cc(C#CCc4ccc5ccccc5c4)ccc3c2O)cc1. The van der Waals surface area contributed by atoms with Crippen LogP contribution >= 0.6 is 0 Å². The minimum absolute atomic E-state index is 0.183. The summed E-state index contributed by atoms with van der Waals surface area (Å²) < 4.78 is 1.76. The molecule has 0 aliphatic heterocycles. The van der Waals surface area contributed by atoms with Crippen molar-refractivity contribution in [3.63, 3.8) is 0 Å². The summed E-state index contributed by atoms with van der Waals surface area (Å²) in [6, 6.07) is 27.1. The van der Waals surface area contributed by atoms with Gasteiger partial charge in [0.2, 0.25) is 0 Å². The van der Waals surface area contributed by atoms with Crippen molar-refractivity contribution in [2.45, 2.75) is 13.0 Å². The van der Waals surface area contributed by atoms with Crippen molar-refractivity contribution in [3.05, 3.63) is 113 Å². The van der Waals surface area contributed by atoms with Gasteiger partial charge >= 0.3 is 5.97 Å². The molecule has 1 aromatic heterocycles. The number of fused-ring (bicyclic) bond motifs is 2. The summed E-state index contributed by atoms with van der Waals surface area (Å²) in [5.74, 6) is 5.72. The molecule has 0 aliphatic rings. The third-order valence-electron chi connectivity index (χ3n) is 5.75. The number of hydrogen-bond donors (Lipinski definition) is 2. The van der Waals surface area contributed by atoms with Crippen LogP contribution < -0.4 is 0 Å². The van der Waals surface area contributed by atoms with Gasteiger partial charge in [-0.15, -0.1) is 0 Å². The van der Waals surface area contributed by atoms with E-state index >= 15 is 0 Å². The first-order valence-corrected chi connectivity index (χ1v) is 10.7. The topological polar surface area (TPSA) is 62.5 Å². The molecule has 4 aromatic carbocycles. The lowest BCUT2D eigenvalue weighted by Gasteiger charge is -2.05. The lowest BCUT2D eigenvalue weighted by molar-refractivity contribution is 0.0697. The largest absolute Gasteiger partial charge is 0.494 e. The fraction of sp³-hybridized carbons (Fsp3) is 0.0690. The average molecular weight is 431 g/mol. The van der Waals surface area contributed by atoms with Crippen LogP contribution in [0.3, 0.4) is 0 Å². The molecule has 0 fully saturated rings. The van der Waals surface area contributed by atoms with Gasteiger partial charge in [0.05, 0.1) is 12.1 Å². The molecular formula is C29H21NO3. The number of carboxylic acids is 1. The molecule has 0 atom stereocenters. The van der Waals surface area contributed by atoms with Crippen LogP contribution in [0.2, 0.25) is 0 Å². The molecule has 0 radical (unpaired) electrons. The van der Waals surface area contributed by atoms with Gasteiger partial charge in [-0.3, -0.25) is 0 Å². The van der Waals surface area contributed by atoms with Crippen molar-refractivity contribution in [1.82, 2.24) is 4.57 Å². The molecular weight excluding hydrogens is 410 g/mol. The number of benzene rings is 4. The molecule has 1 heterocycles. The van der Waals surface area contributed by atoms with Gasteiger partial charge in [0, 0.05) is 29.0 Å². The predicted molar refractivity (Wildman–Crippen MR) is 131 cm³/mol. The van der Waals surface area contributed by atoms with E-state index in [1.807, 2.05) is 36.5 Å². The highest BCUT2D eigenvalue weighted by molar-refractivity contribution is 5.89. The zero-order chi connectivity index (χ0) is 22.8. The normalized spacial score (nSPS) is 10.8. The van der Waals surface area contributed by atoms with Crippen LogP contribution in [0.15, 0.2) is 91.1 Å². The van der Waals surface area contributed by atoms with Crippen LogP contribution in [0.4, 0.5) is 0 Å². The molecule has 4 heteroatoms. The lowest BCUT2D eigenvalue weighted by atomic mass is 10.1. The van der Waals surface area contributed by atoms with Gasteiger partial charge in [0.25, 0.3) is 0 Å². The Hall–Kier alpha value is -4.49. The predicted octanol–water partition coefficient (Wildman–Crippen LogP) is 5.84. The van der Waals surface area contributed by atoms with Crippen LogP contribution in [0, 0.1) is 11.8 Å². The molecule has 0 saturated carbocycles. The van der Waals surface area contributed by atoms with E-state index in [9.17, 15) is 9.90 Å². The maximum atomic E-state index is 11.0. The van der Waals surface area contributed by atoms with Crippen molar-refractivity contribution < 1.29 is 15.0 Å². The first-order valence-electron chi connectivity index (χ1n) is 10.7. The Morgan fingerprint density at radius 1 is 0.818 bits per heavy atom. The number of carbonyl (C=O) groups is 1. The van der Waals surface area contributed by atoms with Crippen molar-refractivity contribution in [2.75, 3.05) is 0 Å².